The van der Waals surface area contributed by atoms with E-state index in [1.165, 1.54) is 23.2 Å². The molecular formula is C23H23N5O2S. The van der Waals surface area contributed by atoms with Crippen LogP contribution in [0, 0.1) is 6.92 Å². The van der Waals surface area contributed by atoms with Gasteiger partial charge in [-0.15, -0.1) is 11.3 Å². The molecule has 2 heterocycles. The Hall–Kier alpha value is -3.52. The first-order valence-electron chi connectivity index (χ1n) is 9.95. The number of amides is 1. The number of aromatic nitrogens is 4. The molecule has 0 saturated heterocycles. The third-order valence-electron chi connectivity index (χ3n) is 4.70. The summed E-state index contributed by atoms with van der Waals surface area (Å²) in [6.07, 6.45) is 3.34. The molecule has 0 aliphatic heterocycles. The van der Waals surface area contributed by atoms with Crippen molar-refractivity contribution >= 4 is 17.2 Å². The SMILES string of the molecule is Cc1ccc(OCc2nc(CC(=O)NC(Cn3cncn3)c3ccccc3)cs2)cc1. The third kappa shape index (κ3) is 5.99. The van der Waals surface area contributed by atoms with Crippen LogP contribution >= 0.6 is 11.3 Å². The maximum Gasteiger partial charge on any atom is 0.226 e. The zero-order chi connectivity index (χ0) is 21.5. The molecule has 0 saturated carbocycles. The predicted octanol–water partition coefficient (Wildman–Crippen LogP) is 3.72. The van der Waals surface area contributed by atoms with Crippen LogP contribution in [-0.4, -0.2) is 25.7 Å². The van der Waals surface area contributed by atoms with Gasteiger partial charge in [-0.2, -0.15) is 5.10 Å². The number of carbonyl (C=O) groups excluding carboxylic acids is 1. The summed E-state index contributed by atoms with van der Waals surface area (Å²) in [6, 6.07) is 17.5. The highest BCUT2D eigenvalue weighted by atomic mass is 32.1. The number of rotatable bonds is 9. The van der Waals surface area contributed by atoms with E-state index in [4.69, 9.17) is 4.74 Å². The summed E-state index contributed by atoms with van der Waals surface area (Å²) in [5, 5.41) is 10.00. The van der Waals surface area contributed by atoms with Crippen LogP contribution in [0.25, 0.3) is 0 Å². The van der Waals surface area contributed by atoms with Crippen molar-refractivity contribution in [2.24, 2.45) is 0 Å². The highest BCUT2D eigenvalue weighted by Crippen LogP contribution is 2.18. The molecule has 4 rings (SSSR count). The van der Waals surface area contributed by atoms with Gasteiger partial charge in [0.25, 0.3) is 0 Å². The lowest BCUT2D eigenvalue weighted by Crippen LogP contribution is -2.32. The van der Waals surface area contributed by atoms with Crippen LogP contribution in [0.2, 0.25) is 0 Å². The summed E-state index contributed by atoms with van der Waals surface area (Å²) in [5.74, 6) is 0.712. The molecule has 0 radical (unpaired) electrons. The van der Waals surface area contributed by atoms with E-state index in [-0.39, 0.29) is 18.4 Å². The van der Waals surface area contributed by atoms with E-state index in [1.54, 1.807) is 11.0 Å². The highest BCUT2D eigenvalue weighted by molar-refractivity contribution is 7.09. The van der Waals surface area contributed by atoms with E-state index < -0.39 is 0 Å². The van der Waals surface area contributed by atoms with Gasteiger partial charge in [-0.25, -0.2) is 9.97 Å². The number of benzene rings is 2. The van der Waals surface area contributed by atoms with Gasteiger partial charge in [0, 0.05) is 5.38 Å². The van der Waals surface area contributed by atoms with Gasteiger partial charge >= 0.3 is 0 Å². The Balaban J connectivity index is 1.35. The van der Waals surface area contributed by atoms with Crippen molar-refractivity contribution in [2.75, 3.05) is 0 Å². The van der Waals surface area contributed by atoms with Gasteiger partial charge in [0.15, 0.2) is 0 Å². The number of carbonyl (C=O) groups is 1. The average molecular weight is 434 g/mol. The molecule has 158 valence electrons. The molecule has 0 spiro atoms. The summed E-state index contributed by atoms with van der Waals surface area (Å²) >= 11 is 1.49. The fraction of sp³-hybridized carbons (Fsp3) is 0.217. The largest absolute Gasteiger partial charge is 0.486 e. The number of ether oxygens (including phenoxy) is 1. The minimum atomic E-state index is -0.210. The lowest BCUT2D eigenvalue weighted by Gasteiger charge is -2.19. The molecule has 31 heavy (non-hydrogen) atoms. The first-order valence-corrected chi connectivity index (χ1v) is 10.8. The predicted molar refractivity (Wildman–Crippen MR) is 119 cm³/mol. The Bertz CT molecular complexity index is 1090. The molecule has 1 atom stereocenters. The van der Waals surface area contributed by atoms with Crippen LogP contribution in [0.3, 0.4) is 0 Å². The third-order valence-corrected chi connectivity index (χ3v) is 5.57. The van der Waals surface area contributed by atoms with Gasteiger partial charge in [-0.1, -0.05) is 48.0 Å². The Labute approximate surface area is 184 Å². The van der Waals surface area contributed by atoms with Crippen LogP contribution in [-0.2, 0) is 24.4 Å². The zero-order valence-corrected chi connectivity index (χ0v) is 18.0. The summed E-state index contributed by atoms with van der Waals surface area (Å²) in [4.78, 5) is 21.2. The van der Waals surface area contributed by atoms with Crippen molar-refractivity contribution in [3.8, 4) is 5.75 Å². The maximum atomic E-state index is 12.7. The number of aryl methyl sites for hydroxylation is 1. The van der Waals surface area contributed by atoms with Crippen LogP contribution in [0.5, 0.6) is 5.75 Å². The fourth-order valence-corrected chi connectivity index (χ4v) is 3.82. The molecular weight excluding hydrogens is 410 g/mol. The summed E-state index contributed by atoms with van der Waals surface area (Å²) in [5.41, 5.74) is 2.93. The molecule has 8 heteroatoms. The van der Waals surface area contributed by atoms with Crippen molar-refractivity contribution in [3.05, 3.63) is 94.5 Å². The number of nitrogens with zero attached hydrogens (tertiary/aromatic N) is 4. The summed E-state index contributed by atoms with van der Waals surface area (Å²) in [6.45, 7) is 2.92. The lowest BCUT2D eigenvalue weighted by atomic mass is 10.1. The molecule has 0 aliphatic rings. The van der Waals surface area contributed by atoms with E-state index >= 15 is 0 Å². The quantitative estimate of drug-likeness (QED) is 0.435. The van der Waals surface area contributed by atoms with E-state index in [1.807, 2.05) is 66.9 Å². The fourth-order valence-electron chi connectivity index (χ4n) is 3.12. The second-order valence-corrected chi connectivity index (χ2v) is 8.10. The molecule has 1 amide bonds. The van der Waals surface area contributed by atoms with Crippen molar-refractivity contribution in [3.63, 3.8) is 0 Å². The number of nitrogens with one attached hydrogen (secondary N) is 1. The standard InChI is InChI=1S/C23H23N5O2S/c1-17-7-9-20(10-8-17)30-13-23-26-19(14-31-23)11-22(29)27-21(12-28-16-24-15-25-28)18-5-3-2-4-6-18/h2-10,14-16,21H,11-13H2,1H3,(H,27,29). The molecule has 0 bridgehead atoms. The van der Waals surface area contributed by atoms with Gasteiger partial charge < -0.3 is 10.1 Å². The van der Waals surface area contributed by atoms with Crippen LogP contribution in [0.1, 0.15) is 27.9 Å². The monoisotopic (exact) mass is 433 g/mol. The summed E-state index contributed by atoms with van der Waals surface area (Å²) in [7, 11) is 0. The van der Waals surface area contributed by atoms with E-state index in [2.05, 4.69) is 20.4 Å². The second-order valence-electron chi connectivity index (χ2n) is 7.16. The van der Waals surface area contributed by atoms with Crippen molar-refractivity contribution in [1.29, 1.82) is 0 Å². The molecule has 2 aromatic heterocycles. The molecule has 1 unspecified atom stereocenters. The van der Waals surface area contributed by atoms with Crippen LogP contribution < -0.4 is 10.1 Å². The Morgan fingerprint density at radius 1 is 1.16 bits per heavy atom. The minimum absolute atomic E-state index is 0.0923. The van der Waals surface area contributed by atoms with Gasteiger partial charge in [0.05, 0.1) is 24.7 Å². The van der Waals surface area contributed by atoms with Crippen molar-refractivity contribution in [2.45, 2.75) is 32.5 Å². The maximum absolute atomic E-state index is 12.7. The smallest absolute Gasteiger partial charge is 0.226 e. The average Bonchev–Trinajstić information content (AvgIpc) is 3.46. The molecule has 7 nitrogen and oxygen atoms in total. The van der Waals surface area contributed by atoms with Crippen molar-refractivity contribution in [1.82, 2.24) is 25.1 Å². The molecule has 0 fully saturated rings. The highest BCUT2D eigenvalue weighted by Gasteiger charge is 2.17. The Morgan fingerprint density at radius 3 is 2.71 bits per heavy atom. The zero-order valence-electron chi connectivity index (χ0n) is 17.1. The number of thiazole rings is 1. The van der Waals surface area contributed by atoms with Gasteiger partial charge in [-0.3, -0.25) is 9.48 Å². The normalized spacial score (nSPS) is 11.8. The van der Waals surface area contributed by atoms with Crippen LogP contribution in [0.15, 0.2) is 72.6 Å². The second kappa shape index (κ2) is 9.99. The van der Waals surface area contributed by atoms with Gasteiger partial charge in [0.2, 0.25) is 5.91 Å². The lowest BCUT2D eigenvalue weighted by molar-refractivity contribution is -0.121. The first-order chi connectivity index (χ1) is 15.2. The molecule has 0 aliphatic carbocycles. The number of hydrogen-bond acceptors (Lipinski definition) is 6. The van der Waals surface area contributed by atoms with Crippen molar-refractivity contribution < 1.29 is 9.53 Å². The first kappa shape index (κ1) is 20.7. The van der Waals surface area contributed by atoms with E-state index in [0.29, 0.717) is 13.2 Å². The number of hydrogen-bond donors (Lipinski definition) is 1. The van der Waals surface area contributed by atoms with Crippen LogP contribution in [0.4, 0.5) is 0 Å². The van der Waals surface area contributed by atoms with E-state index in [9.17, 15) is 4.79 Å². The summed E-state index contributed by atoms with van der Waals surface area (Å²) < 4.78 is 7.49. The minimum Gasteiger partial charge on any atom is -0.486 e. The van der Waals surface area contributed by atoms with E-state index in [0.717, 1.165) is 22.0 Å². The van der Waals surface area contributed by atoms with Gasteiger partial charge in [-0.05, 0) is 24.6 Å². The molecule has 1 N–H and O–H groups in total. The Kier molecular flexibility index (Phi) is 6.68. The Morgan fingerprint density at radius 2 is 1.97 bits per heavy atom. The topological polar surface area (TPSA) is 81.9 Å². The van der Waals surface area contributed by atoms with Gasteiger partial charge in [0.1, 0.15) is 30.0 Å². The molecule has 2 aromatic carbocycles. The molecule has 4 aromatic rings.